The number of anilines is 1. The number of nitrogens with zero attached hydrogens (tertiary/aromatic N) is 2. The van der Waals surface area contributed by atoms with Crippen LogP contribution in [0, 0.1) is 0 Å². The van der Waals surface area contributed by atoms with E-state index >= 15 is 0 Å². The second-order valence-corrected chi connectivity index (χ2v) is 7.93. The van der Waals surface area contributed by atoms with E-state index in [1.54, 1.807) is 49.5 Å². The highest BCUT2D eigenvalue weighted by atomic mass is 16.5. The maximum absolute atomic E-state index is 13.2. The van der Waals surface area contributed by atoms with E-state index in [2.05, 4.69) is 5.32 Å². The van der Waals surface area contributed by atoms with Gasteiger partial charge >= 0.3 is 6.03 Å². The first-order valence-electron chi connectivity index (χ1n) is 10.8. The average Bonchev–Trinajstić information content (AvgIpc) is 3.43. The third-order valence-corrected chi connectivity index (χ3v) is 6.10. The molecule has 0 spiro atoms. The number of likely N-dealkylation sites (tertiary alicyclic amines) is 1. The number of hydrogen-bond donors (Lipinski definition) is 1. The van der Waals surface area contributed by atoms with E-state index in [9.17, 15) is 14.4 Å². The highest BCUT2D eigenvalue weighted by Crippen LogP contribution is 2.39. The molecule has 33 heavy (non-hydrogen) atoms. The first-order chi connectivity index (χ1) is 16.0. The van der Waals surface area contributed by atoms with Crippen molar-refractivity contribution in [2.24, 2.45) is 0 Å². The normalized spacial score (nSPS) is 20.1. The minimum Gasteiger partial charge on any atom is -0.497 e. The smallest absolute Gasteiger partial charge is 0.329 e. The Kier molecular flexibility index (Phi) is 6.39. The lowest BCUT2D eigenvalue weighted by molar-refractivity contribution is -0.134. The van der Waals surface area contributed by atoms with Gasteiger partial charge in [0.2, 0.25) is 5.91 Å². The minimum absolute atomic E-state index is 0.105. The Hall–Kier alpha value is -3.75. The Morgan fingerprint density at radius 1 is 1.00 bits per heavy atom. The fourth-order valence-corrected chi connectivity index (χ4v) is 4.42. The Balaban J connectivity index is 1.48. The van der Waals surface area contributed by atoms with Crippen molar-refractivity contribution in [2.75, 3.05) is 32.8 Å². The van der Waals surface area contributed by atoms with Gasteiger partial charge in [0.15, 0.2) is 0 Å². The first-order valence-corrected chi connectivity index (χ1v) is 10.8. The molecule has 2 fully saturated rings. The summed E-state index contributed by atoms with van der Waals surface area (Å²) in [6.07, 6.45) is 1.53. The van der Waals surface area contributed by atoms with Crippen LogP contribution < -0.4 is 24.4 Å². The second-order valence-electron chi connectivity index (χ2n) is 7.93. The topological polar surface area (TPSA) is 97.4 Å². The number of amides is 4. The van der Waals surface area contributed by atoms with E-state index < -0.39 is 18.0 Å². The van der Waals surface area contributed by atoms with Crippen LogP contribution in [0.15, 0.2) is 42.5 Å². The number of benzene rings is 2. The first kappa shape index (κ1) is 22.4. The third-order valence-electron chi connectivity index (χ3n) is 6.10. The summed E-state index contributed by atoms with van der Waals surface area (Å²) in [5.41, 5.74) is 1.32. The summed E-state index contributed by atoms with van der Waals surface area (Å²) in [7, 11) is 4.71. The molecule has 2 aromatic rings. The quantitative estimate of drug-likeness (QED) is 0.648. The molecule has 2 atom stereocenters. The summed E-state index contributed by atoms with van der Waals surface area (Å²) in [6, 6.07) is 10.5. The molecular formula is C24H27N3O6. The van der Waals surface area contributed by atoms with Crippen LogP contribution in [-0.2, 0) is 9.59 Å². The lowest BCUT2D eigenvalue weighted by Gasteiger charge is -2.27. The zero-order chi connectivity index (χ0) is 23.5. The predicted octanol–water partition coefficient (Wildman–Crippen LogP) is 2.89. The largest absolute Gasteiger partial charge is 0.497 e. The van der Waals surface area contributed by atoms with Gasteiger partial charge in [-0.25, -0.2) is 9.69 Å². The summed E-state index contributed by atoms with van der Waals surface area (Å²) in [5.74, 6) is 1.30. The van der Waals surface area contributed by atoms with E-state index in [0.29, 0.717) is 29.5 Å². The number of carbonyl (C=O) groups is 3. The number of nitrogens with one attached hydrogen (secondary N) is 1. The molecule has 2 aromatic carbocycles. The number of carbonyl (C=O) groups excluding carboxylic acids is 3. The summed E-state index contributed by atoms with van der Waals surface area (Å²) in [5, 5.41) is 2.64. The predicted molar refractivity (Wildman–Crippen MR) is 121 cm³/mol. The molecule has 4 amide bonds. The van der Waals surface area contributed by atoms with Gasteiger partial charge in [-0.3, -0.25) is 9.59 Å². The molecule has 2 saturated heterocycles. The van der Waals surface area contributed by atoms with E-state index in [-0.39, 0.29) is 18.4 Å². The van der Waals surface area contributed by atoms with Crippen LogP contribution >= 0.6 is 0 Å². The molecule has 0 saturated carbocycles. The Bertz CT molecular complexity index is 1050. The number of methoxy groups -OCH3 is 3. The molecule has 2 unspecified atom stereocenters. The zero-order valence-corrected chi connectivity index (χ0v) is 18.9. The Morgan fingerprint density at radius 2 is 1.70 bits per heavy atom. The summed E-state index contributed by atoms with van der Waals surface area (Å²) in [6.45, 7) is 0.579. The van der Waals surface area contributed by atoms with Crippen LogP contribution in [0.25, 0.3) is 0 Å². The molecule has 0 aromatic heterocycles. The van der Waals surface area contributed by atoms with Gasteiger partial charge in [0, 0.05) is 18.2 Å². The van der Waals surface area contributed by atoms with Crippen LogP contribution in [0.5, 0.6) is 17.2 Å². The molecule has 9 nitrogen and oxygen atoms in total. The summed E-state index contributed by atoms with van der Waals surface area (Å²) in [4.78, 5) is 41.5. The molecule has 174 valence electrons. The van der Waals surface area contributed by atoms with Gasteiger partial charge in [0.1, 0.15) is 23.3 Å². The highest BCUT2D eigenvalue weighted by Gasteiger charge is 2.42. The van der Waals surface area contributed by atoms with E-state index in [4.69, 9.17) is 14.2 Å². The van der Waals surface area contributed by atoms with Crippen molar-refractivity contribution in [2.45, 2.75) is 31.3 Å². The fourth-order valence-electron chi connectivity index (χ4n) is 4.42. The summed E-state index contributed by atoms with van der Waals surface area (Å²) >= 11 is 0. The average molecular weight is 453 g/mol. The number of rotatable bonds is 7. The van der Waals surface area contributed by atoms with Crippen molar-refractivity contribution in [3.05, 3.63) is 48.0 Å². The molecular weight excluding hydrogens is 426 g/mol. The monoisotopic (exact) mass is 453 g/mol. The SMILES string of the molecule is COc1ccc(N2C(=O)NC(CC(=O)N3CCCC3c3ccc(OC)cc3OC)C2=O)cc1. The van der Waals surface area contributed by atoms with Crippen molar-refractivity contribution in [1.82, 2.24) is 10.2 Å². The molecule has 9 heteroatoms. The van der Waals surface area contributed by atoms with E-state index in [1.807, 2.05) is 12.1 Å². The second kappa shape index (κ2) is 9.40. The van der Waals surface area contributed by atoms with E-state index in [1.165, 1.54) is 7.11 Å². The molecule has 2 aliphatic rings. The van der Waals surface area contributed by atoms with Crippen molar-refractivity contribution < 1.29 is 28.6 Å². The van der Waals surface area contributed by atoms with Crippen LogP contribution in [0.3, 0.4) is 0 Å². The lowest BCUT2D eigenvalue weighted by atomic mass is 10.0. The van der Waals surface area contributed by atoms with Gasteiger partial charge in [-0.05, 0) is 49.2 Å². The molecule has 0 aliphatic carbocycles. The number of ether oxygens (including phenoxy) is 3. The number of imide groups is 1. The van der Waals surface area contributed by atoms with Gasteiger partial charge in [0.25, 0.3) is 5.91 Å². The maximum atomic E-state index is 13.2. The standard InChI is InChI=1S/C24H27N3O6/c1-31-16-8-6-15(7-9-16)27-23(29)19(25-24(27)30)14-22(28)26-12-4-5-20(26)18-11-10-17(32-2)13-21(18)33-3/h6-11,13,19-20H,4-5,12,14H2,1-3H3,(H,25,30). The molecule has 2 aliphatic heterocycles. The Morgan fingerprint density at radius 3 is 2.36 bits per heavy atom. The van der Waals surface area contributed by atoms with Gasteiger partial charge in [-0.15, -0.1) is 0 Å². The van der Waals surface area contributed by atoms with E-state index in [0.717, 1.165) is 23.3 Å². The molecule has 2 heterocycles. The van der Waals surface area contributed by atoms with Crippen molar-refractivity contribution in [3.8, 4) is 17.2 Å². The van der Waals surface area contributed by atoms with Gasteiger partial charge in [0.05, 0.1) is 39.5 Å². The van der Waals surface area contributed by atoms with Gasteiger partial charge in [-0.2, -0.15) is 0 Å². The van der Waals surface area contributed by atoms with Crippen LogP contribution in [0.1, 0.15) is 30.9 Å². The molecule has 4 rings (SSSR count). The fraction of sp³-hybridized carbons (Fsp3) is 0.375. The van der Waals surface area contributed by atoms with Crippen LogP contribution in [0.2, 0.25) is 0 Å². The van der Waals surface area contributed by atoms with Crippen molar-refractivity contribution in [1.29, 1.82) is 0 Å². The lowest BCUT2D eigenvalue weighted by Crippen LogP contribution is -2.39. The molecule has 1 N–H and O–H groups in total. The maximum Gasteiger partial charge on any atom is 0.329 e. The van der Waals surface area contributed by atoms with Crippen molar-refractivity contribution >= 4 is 23.5 Å². The zero-order valence-electron chi connectivity index (χ0n) is 18.9. The summed E-state index contributed by atoms with van der Waals surface area (Å²) < 4.78 is 15.9. The number of urea groups is 1. The van der Waals surface area contributed by atoms with Crippen LogP contribution in [-0.4, -0.2) is 56.7 Å². The van der Waals surface area contributed by atoms with Crippen LogP contribution in [0.4, 0.5) is 10.5 Å². The third kappa shape index (κ3) is 4.30. The van der Waals surface area contributed by atoms with Crippen molar-refractivity contribution in [3.63, 3.8) is 0 Å². The molecule has 0 bridgehead atoms. The minimum atomic E-state index is -0.911. The molecule has 0 radical (unpaired) electrons. The van der Waals surface area contributed by atoms with Gasteiger partial charge in [-0.1, -0.05) is 0 Å². The van der Waals surface area contributed by atoms with Gasteiger partial charge < -0.3 is 24.4 Å². The Labute approximate surface area is 192 Å². The highest BCUT2D eigenvalue weighted by molar-refractivity contribution is 6.22. The number of hydrogen-bond acceptors (Lipinski definition) is 6.